The van der Waals surface area contributed by atoms with Crippen molar-refractivity contribution in [1.29, 1.82) is 0 Å². The van der Waals surface area contributed by atoms with Gasteiger partial charge in [0.05, 0.1) is 11.3 Å². The summed E-state index contributed by atoms with van der Waals surface area (Å²) in [5.74, 6) is -10.9. The molecule has 0 aliphatic heterocycles. The summed E-state index contributed by atoms with van der Waals surface area (Å²) >= 11 is 0. The van der Waals surface area contributed by atoms with Gasteiger partial charge in [0.25, 0.3) is 0 Å². The molecule has 0 unspecified atom stereocenters. The molecule has 0 aliphatic carbocycles. The van der Waals surface area contributed by atoms with Gasteiger partial charge in [0.1, 0.15) is 5.69 Å². The molecule has 2 rings (SSSR count). The Morgan fingerprint density at radius 1 is 0.500 bits per heavy atom. The van der Waals surface area contributed by atoms with Crippen LogP contribution in [-0.2, 0) is 0 Å². The Kier molecular flexibility index (Phi) is 3.72. The van der Waals surface area contributed by atoms with Gasteiger partial charge in [-0.3, -0.25) is 0 Å². The minimum absolute atomic E-state index is 0.00894. The summed E-state index contributed by atoms with van der Waals surface area (Å²) in [7, 11) is 0. The van der Waals surface area contributed by atoms with Crippen molar-refractivity contribution in [2.75, 3.05) is 11.5 Å². The quantitative estimate of drug-likeness (QED) is 0.474. The number of hydrogen-bond donors (Lipinski definition) is 2. The Balaban J connectivity index is 3.03. The van der Waals surface area contributed by atoms with Crippen LogP contribution in [0.25, 0.3) is 11.1 Å². The number of nitrogen functional groups attached to an aromatic ring is 2. The van der Waals surface area contributed by atoms with Crippen molar-refractivity contribution >= 4 is 11.4 Å². The molecular formula is C14H10F6N2. The minimum atomic E-state index is -1.91. The molecule has 0 spiro atoms. The number of anilines is 2. The van der Waals surface area contributed by atoms with E-state index in [9.17, 15) is 26.3 Å². The highest BCUT2D eigenvalue weighted by Crippen LogP contribution is 2.39. The summed E-state index contributed by atoms with van der Waals surface area (Å²) in [5, 5.41) is 0. The van der Waals surface area contributed by atoms with E-state index < -0.39 is 57.4 Å². The van der Waals surface area contributed by atoms with E-state index in [-0.39, 0.29) is 11.1 Å². The maximum absolute atomic E-state index is 14.0. The summed E-state index contributed by atoms with van der Waals surface area (Å²) in [4.78, 5) is 0. The monoisotopic (exact) mass is 320 g/mol. The first-order valence-electron chi connectivity index (χ1n) is 5.96. The van der Waals surface area contributed by atoms with Gasteiger partial charge < -0.3 is 11.5 Å². The highest BCUT2D eigenvalue weighted by molar-refractivity contribution is 5.75. The Labute approximate surface area is 121 Å². The molecule has 0 amide bonds. The zero-order valence-corrected chi connectivity index (χ0v) is 11.4. The third-order valence-electron chi connectivity index (χ3n) is 3.54. The van der Waals surface area contributed by atoms with Gasteiger partial charge in [-0.2, -0.15) is 0 Å². The normalized spacial score (nSPS) is 11.1. The van der Waals surface area contributed by atoms with Gasteiger partial charge in [-0.15, -0.1) is 0 Å². The van der Waals surface area contributed by atoms with Gasteiger partial charge in [-0.25, -0.2) is 26.3 Å². The predicted octanol–water partition coefficient (Wildman–Crippen LogP) is 3.97. The van der Waals surface area contributed by atoms with E-state index in [2.05, 4.69) is 0 Å². The van der Waals surface area contributed by atoms with Crippen LogP contribution in [0.4, 0.5) is 37.7 Å². The zero-order chi connectivity index (χ0) is 16.9. The van der Waals surface area contributed by atoms with Crippen molar-refractivity contribution in [3.63, 3.8) is 0 Å². The van der Waals surface area contributed by atoms with E-state index in [0.717, 1.165) is 0 Å². The second kappa shape index (κ2) is 5.11. The smallest absolute Gasteiger partial charge is 0.185 e. The van der Waals surface area contributed by atoms with Crippen molar-refractivity contribution in [2.24, 2.45) is 0 Å². The van der Waals surface area contributed by atoms with Gasteiger partial charge in [0.15, 0.2) is 34.9 Å². The lowest BCUT2D eigenvalue weighted by Crippen LogP contribution is -2.10. The number of benzene rings is 2. The summed E-state index contributed by atoms with van der Waals surface area (Å²) < 4.78 is 82.6. The van der Waals surface area contributed by atoms with Gasteiger partial charge in [-0.05, 0) is 25.0 Å². The molecule has 0 bridgehead atoms. The maximum atomic E-state index is 14.0. The molecule has 0 heterocycles. The van der Waals surface area contributed by atoms with Crippen molar-refractivity contribution in [3.8, 4) is 11.1 Å². The number of hydrogen-bond acceptors (Lipinski definition) is 2. The molecule has 2 aromatic rings. The number of nitrogens with two attached hydrogens (primary N) is 2. The maximum Gasteiger partial charge on any atom is 0.185 e. The third kappa shape index (κ3) is 1.98. The van der Waals surface area contributed by atoms with Crippen LogP contribution in [0.2, 0.25) is 0 Å². The van der Waals surface area contributed by atoms with Crippen LogP contribution in [-0.4, -0.2) is 0 Å². The van der Waals surface area contributed by atoms with Crippen molar-refractivity contribution in [2.45, 2.75) is 13.8 Å². The lowest BCUT2D eigenvalue weighted by Gasteiger charge is -2.16. The summed E-state index contributed by atoms with van der Waals surface area (Å²) in [6.07, 6.45) is 0. The van der Waals surface area contributed by atoms with E-state index in [1.165, 1.54) is 13.8 Å². The first-order chi connectivity index (χ1) is 10.1. The van der Waals surface area contributed by atoms with Gasteiger partial charge in [-0.1, -0.05) is 0 Å². The fraction of sp³-hybridized carbons (Fsp3) is 0.143. The van der Waals surface area contributed by atoms with Crippen LogP contribution in [0.1, 0.15) is 11.1 Å². The second-order valence-corrected chi connectivity index (χ2v) is 4.71. The predicted molar refractivity (Wildman–Crippen MR) is 69.9 cm³/mol. The number of halogens is 6. The molecule has 0 fully saturated rings. The number of rotatable bonds is 1. The molecule has 22 heavy (non-hydrogen) atoms. The topological polar surface area (TPSA) is 52.0 Å². The van der Waals surface area contributed by atoms with Crippen LogP contribution in [0.5, 0.6) is 0 Å². The van der Waals surface area contributed by atoms with Crippen LogP contribution in [0, 0.1) is 48.8 Å². The van der Waals surface area contributed by atoms with E-state index in [1.807, 2.05) is 0 Å². The summed E-state index contributed by atoms with van der Waals surface area (Å²) in [6.45, 7) is 2.46. The molecule has 0 saturated heterocycles. The van der Waals surface area contributed by atoms with Crippen molar-refractivity contribution in [1.82, 2.24) is 0 Å². The van der Waals surface area contributed by atoms with E-state index in [4.69, 9.17) is 11.5 Å². The van der Waals surface area contributed by atoms with Crippen LogP contribution < -0.4 is 11.5 Å². The molecule has 8 heteroatoms. The van der Waals surface area contributed by atoms with Crippen LogP contribution >= 0.6 is 0 Å². The van der Waals surface area contributed by atoms with E-state index >= 15 is 0 Å². The molecule has 0 radical (unpaired) electrons. The highest BCUT2D eigenvalue weighted by Gasteiger charge is 2.30. The Hall–Kier alpha value is -2.38. The first-order valence-corrected chi connectivity index (χ1v) is 5.96. The van der Waals surface area contributed by atoms with Crippen LogP contribution in [0.15, 0.2) is 0 Å². The van der Waals surface area contributed by atoms with Crippen molar-refractivity contribution in [3.05, 3.63) is 46.0 Å². The Morgan fingerprint density at radius 3 is 1.32 bits per heavy atom. The van der Waals surface area contributed by atoms with Gasteiger partial charge in [0.2, 0.25) is 0 Å². The molecule has 0 aromatic heterocycles. The SMILES string of the molecule is Cc1c(C)c(-c2c(F)c(F)c(N)c(F)c2F)c(F)c(F)c1N. The summed E-state index contributed by atoms with van der Waals surface area (Å²) in [5.41, 5.74) is 5.76. The first kappa shape index (κ1) is 16.0. The molecule has 2 nitrogen and oxygen atoms in total. The minimum Gasteiger partial charge on any atom is -0.396 e. The second-order valence-electron chi connectivity index (χ2n) is 4.71. The Bertz CT molecular complexity index is 675. The molecule has 118 valence electrons. The lowest BCUT2D eigenvalue weighted by molar-refractivity contribution is 0.461. The summed E-state index contributed by atoms with van der Waals surface area (Å²) in [6, 6.07) is 0. The standard InChI is InChI=1S/C14H10F6N2/c1-3-4(2)13(21)10(18)7(15)5(3)6-8(16)11(19)14(22)12(20)9(6)17/h21-22H2,1-2H3. The van der Waals surface area contributed by atoms with E-state index in [1.54, 1.807) is 0 Å². The zero-order valence-electron chi connectivity index (χ0n) is 11.4. The van der Waals surface area contributed by atoms with Gasteiger partial charge in [0, 0.05) is 5.56 Å². The molecule has 4 N–H and O–H groups in total. The fourth-order valence-corrected chi connectivity index (χ4v) is 2.11. The molecule has 0 atom stereocenters. The third-order valence-corrected chi connectivity index (χ3v) is 3.54. The average molecular weight is 320 g/mol. The Morgan fingerprint density at radius 2 is 0.864 bits per heavy atom. The molecule has 2 aromatic carbocycles. The molecule has 0 aliphatic rings. The average Bonchev–Trinajstić information content (AvgIpc) is 2.50. The largest absolute Gasteiger partial charge is 0.396 e. The lowest BCUT2D eigenvalue weighted by atomic mass is 9.93. The highest BCUT2D eigenvalue weighted by atomic mass is 19.2. The van der Waals surface area contributed by atoms with Crippen molar-refractivity contribution < 1.29 is 26.3 Å². The van der Waals surface area contributed by atoms with Gasteiger partial charge >= 0.3 is 0 Å². The molecule has 0 saturated carbocycles. The molecular weight excluding hydrogens is 310 g/mol. The van der Waals surface area contributed by atoms with E-state index in [0.29, 0.717) is 0 Å². The van der Waals surface area contributed by atoms with Crippen LogP contribution in [0.3, 0.4) is 0 Å². The fourth-order valence-electron chi connectivity index (χ4n) is 2.11.